The SMILES string of the molecule is C[C@@H]1CN(C(C)(C)C)CCN1C(C)(C)C. The molecule has 1 aliphatic rings. The molecule has 2 nitrogen and oxygen atoms in total. The molecule has 0 spiro atoms. The zero-order chi connectivity index (χ0) is 11.9. The number of rotatable bonds is 0. The maximum Gasteiger partial charge on any atom is 0.0200 e. The topological polar surface area (TPSA) is 6.48 Å². The van der Waals surface area contributed by atoms with Crippen LogP contribution >= 0.6 is 0 Å². The van der Waals surface area contributed by atoms with E-state index in [0.717, 1.165) is 0 Å². The zero-order valence-corrected chi connectivity index (χ0v) is 11.6. The molecular formula is C13H28N2. The molecular weight excluding hydrogens is 184 g/mol. The molecule has 2 heteroatoms. The van der Waals surface area contributed by atoms with E-state index < -0.39 is 0 Å². The van der Waals surface area contributed by atoms with E-state index in [1.54, 1.807) is 0 Å². The van der Waals surface area contributed by atoms with Gasteiger partial charge in [0.25, 0.3) is 0 Å². The summed E-state index contributed by atoms with van der Waals surface area (Å²) in [6, 6.07) is 0.665. The van der Waals surface area contributed by atoms with Gasteiger partial charge >= 0.3 is 0 Å². The molecule has 0 aliphatic carbocycles. The Morgan fingerprint density at radius 1 is 0.867 bits per heavy atom. The van der Waals surface area contributed by atoms with Crippen LogP contribution in [0.25, 0.3) is 0 Å². The standard InChI is InChI=1S/C13H28N2/c1-11-10-14(12(2,3)4)8-9-15(11)13(5,6)7/h11H,8-10H2,1-7H3/t11-/m1/s1. The fourth-order valence-electron chi connectivity index (χ4n) is 2.56. The van der Waals surface area contributed by atoms with Gasteiger partial charge in [0.15, 0.2) is 0 Å². The first-order chi connectivity index (χ1) is 6.62. The third-order valence-corrected chi connectivity index (χ3v) is 3.44. The van der Waals surface area contributed by atoms with Crippen molar-refractivity contribution in [3.05, 3.63) is 0 Å². The first-order valence-corrected chi connectivity index (χ1v) is 6.14. The number of piperazine rings is 1. The Balaban J connectivity index is 2.64. The molecule has 15 heavy (non-hydrogen) atoms. The molecule has 0 unspecified atom stereocenters. The molecule has 1 aliphatic heterocycles. The lowest BCUT2D eigenvalue weighted by atomic mass is 9.97. The summed E-state index contributed by atoms with van der Waals surface area (Å²) in [5, 5.41) is 0. The lowest BCUT2D eigenvalue weighted by molar-refractivity contribution is -0.0152. The van der Waals surface area contributed by atoms with Crippen molar-refractivity contribution in [1.29, 1.82) is 0 Å². The summed E-state index contributed by atoms with van der Waals surface area (Å²) in [5.74, 6) is 0. The van der Waals surface area contributed by atoms with Crippen LogP contribution in [0.15, 0.2) is 0 Å². The highest BCUT2D eigenvalue weighted by molar-refractivity contribution is 4.90. The largest absolute Gasteiger partial charge is 0.296 e. The summed E-state index contributed by atoms with van der Waals surface area (Å²) in [6.45, 7) is 19.8. The van der Waals surface area contributed by atoms with E-state index >= 15 is 0 Å². The van der Waals surface area contributed by atoms with E-state index in [-0.39, 0.29) is 0 Å². The molecule has 0 saturated carbocycles. The Hall–Kier alpha value is -0.0800. The smallest absolute Gasteiger partial charge is 0.0200 e. The Morgan fingerprint density at radius 2 is 1.40 bits per heavy atom. The maximum absolute atomic E-state index is 2.62. The number of hydrogen-bond acceptors (Lipinski definition) is 2. The molecule has 1 rings (SSSR count). The molecule has 0 aromatic rings. The lowest BCUT2D eigenvalue weighted by Gasteiger charge is -2.50. The Kier molecular flexibility index (Phi) is 3.52. The van der Waals surface area contributed by atoms with Gasteiger partial charge in [0, 0.05) is 36.8 Å². The molecule has 1 heterocycles. The maximum atomic E-state index is 2.62. The molecule has 0 aromatic heterocycles. The van der Waals surface area contributed by atoms with Crippen molar-refractivity contribution in [3.63, 3.8) is 0 Å². The number of nitrogens with zero attached hydrogens (tertiary/aromatic N) is 2. The van der Waals surface area contributed by atoms with Gasteiger partial charge in [0.2, 0.25) is 0 Å². The second kappa shape index (κ2) is 4.06. The van der Waals surface area contributed by atoms with Crippen LogP contribution < -0.4 is 0 Å². The van der Waals surface area contributed by atoms with Gasteiger partial charge in [-0.1, -0.05) is 0 Å². The minimum Gasteiger partial charge on any atom is -0.296 e. The third kappa shape index (κ3) is 3.18. The van der Waals surface area contributed by atoms with Gasteiger partial charge in [-0.3, -0.25) is 9.80 Å². The molecule has 0 N–H and O–H groups in total. The van der Waals surface area contributed by atoms with Crippen LogP contribution in [0.1, 0.15) is 48.5 Å². The van der Waals surface area contributed by atoms with Crippen LogP contribution in [0.2, 0.25) is 0 Å². The number of hydrogen-bond donors (Lipinski definition) is 0. The Bertz CT molecular complexity index is 210. The van der Waals surface area contributed by atoms with Crippen LogP contribution in [0.4, 0.5) is 0 Å². The highest BCUT2D eigenvalue weighted by Crippen LogP contribution is 2.24. The molecule has 1 atom stereocenters. The third-order valence-electron chi connectivity index (χ3n) is 3.44. The van der Waals surface area contributed by atoms with Crippen molar-refractivity contribution in [2.45, 2.75) is 65.6 Å². The molecule has 0 aromatic carbocycles. The van der Waals surface area contributed by atoms with E-state index in [1.807, 2.05) is 0 Å². The minimum atomic E-state index is 0.309. The van der Waals surface area contributed by atoms with E-state index in [9.17, 15) is 0 Å². The first-order valence-electron chi connectivity index (χ1n) is 6.14. The second-order valence-electron chi connectivity index (χ2n) is 6.83. The van der Waals surface area contributed by atoms with Crippen LogP contribution in [0.3, 0.4) is 0 Å². The Morgan fingerprint density at radius 3 is 1.73 bits per heavy atom. The van der Waals surface area contributed by atoms with Gasteiger partial charge in [-0.2, -0.15) is 0 Å². The van der Waals surface area contributed by atoms with Crippen molar-refractivity contribution in [2.75, 3.05) is 19.6 Å². The van der Waals surface area contributed by atoms with Crippen molar-refractivity contribution >= 4 is 0 Å². The molecule has 0 amide bonds. The van der Waals surface area contributed by atoms with Gasteiger partial charge in [0.1, 0.15) is 0 Å². The average molecular weight is 212 g/mol. The van der Waals surface area contributed by atoms with E-state index in [1.165, 1.54) is 19.6 Å². The summed E-state index contributed by atoms with van der Waals surface area (Å²) in [5.41, 5.74) is 0.627. The van der Waals surface area contributed by atoms with Gasteiger partial charge in [-0.05, 0) is 48.5 Å². The predicted octanol–water partition coefficient (Wildman–Crippen LogP) is 2.59. The quantitative estimate of drug-likeness (QED) is 0.609. The monoisotopic (exact) mass is 212 g/mol. The van der Waals surface area contributed by atoms with Crippen molar-refractivity contribution in [2.24, 2.45) is 0 Å². The van der Waals surface area contributed by atoms with Crippen molar-refractivity contribution in [3.8, 4) is 0 Å². The van der Waals surface area contributed by atoms with Crippen molar-refractivity contribution < 1.29 is 0 Å². The van der Waals surface area contributed by atoms with Gasteiger partial charge in [0.05, 0.1) is 0 Å². The molecule has 90 valence electrons. The highest BCUT2D eigenvalue weighted by Gasteiger charge is 2.34. The fraction of sp³-hybridized carbons (Fsp3) is 1.00. The normalized spacial score (nSPS) is 27.0. The zero-order valence-electron chi connectivity index (χ0n) is 11.6. The molecule has 0 radical (unpaired) electrons. The summed E-state index contributed by atoms with van der Waals surface area (Å²) in [6.07, 6.45) is 0. The average Bonchev–Trinajstić information content (AvgIpc) is 1.99. The minimum absolute atomic E-state index is 0.309. The van der Waals surface area contributed by atoms with E-state index in [2.05, 4.69) is 58.3 Å². The fourth-order valence-corrected chi connectivity index (χ4v) is 2.56. The van der Waals surface area contributed by atoms with Crippen LogP contribution in [-0.2, 0) is 0 Å². The predicted molar refractivity (Wildman–Crippen MR) is 67.2 cm³/mol. The molecule has 1 saturated heterocycles. The molecule has 0 bridgehead atoms. The van der Waals surface area contributed by atoms with Crippen LogP contribution in [0.5, 0.6) is 0 Å². The van der Waals surface area contributed by atoms with Gasteiger partial charge < -0.3 is 0 Å². The van der Waals surface area contributed by atoms with E-state index in [0.29, 0.717) is 17.1 Å². The summed E-state index contributed by atoms with van der Waals surface area (Å²) >= 11 is 0. The Labute approximate surface area is 95.6 Å². The highest BCUT2D eigenvalue weighted by atomic mass is 15.3. The van der Waals surface area contributed by atoms with Crippen LogP contribution in [-0.4, -0.2) is 46.6 Å². The molecule has 1 fully saturated rings. The van der Waals surface area contributed by atoms with Gasteiger partial charge in [-0.15, -0.1) is 0 Å². The second-order valence-corrected chi connectivity index (χ2v) is 6.83. The van der Waals surface area contributed by atoms with Crippen molar-refractivity contribution in [1.82, 2.24) is 9.80 Å². The lowest BCUT2D eigenvalue weighted by Crippen LogP contribution is -2.61. The summed E-state index contributed by atoms with van der Waals surface area (Å²) in [7, 11) is 0. The summed E-state index contributed by atoms with van der Waals surface area (Å²) < 4.78 is 0. The van der Waals surface area contributed by atoms with Gasteiger partial charge in [-0.25, -0.2) is 0 Å². The van der Waals surface area contributed by atoms with E-state index in [4.69, 9.17) is 0 Å². The van der Waals surface area contributed by atoms with Crippen LogP contribution in [0, 0.1) is 0 Å². The first kappa shape index (κ1) is 13.0. The summed E-state index contributed by atoms with van der Waals surface area (Å²) in [4.78, 5) is 5.22.